The van der Waals surface area contributed by atoms with Gasteiger partial charge in [-0.1, -0.05) is 60.7 Å². The number of hydrogen-bond acceptors (Lipinski definition) is 6. The van der Waals surface area contributed by atoms with Crippen molar-refractivity contribution in [2.75, 3.05) is 30.7 Å². The van der Waals surface area contributed by atoms with Crippen LogP contribution in [0.15, 0.2) is 89.8 Å². The van der Waals surface area contributed by atoms with Crippen molar-refractivity contribution in [2.45, 2.75) is 10.9 Å². The maximum absolute atomic E-state index is 12.9. The second kappa shape index (κ2) is 9.33. The molecule has 8 heteroatoms. The second-order valence-electron chi connectivity index (χ2n) is 7.60. The van der Waals surface area contributed by atoms with Crippen LogP contribution >= 0.6 is 0 Å². The lowest BCUT2D eigenvalue weighted by Gasteiger charge is -2.25. The van der Waals surface area contributed by atoms with Gasteiger partial charge in [-0.05, 0) is 43.9 Å². The summed E-state index contributed by atoms with van der Waals surface area (Å²) in [6, 6.07) is 25.8. The van der Waals surface area contributed by atoms with Gasteiger partial charge >= 0.3 is 0 Å². The number of anilines is 2. The van der Waals surface area contributed by atoms with E-state index in [0.717, 1.165) is 5.56 Å². The molecule has 0 saturated heterocycles. The maximum atomic E-state index is 12.9. The molecular formula is C24H25N5O2S. The molecule has 0 fully saturated rings. The number of para-hydroxylation sites is 2. The van der Waals surface area contributed by atoms with Crippen molar-refractivity contribution in [2.24, 2.45) is 0 Å². The molecule has 0 amide bonds. The first kappa shape index (κ1) is 21.7. The fraction of sp³-hybridized carbons (Fsp3) is 0.167. The molecule has 0 bridgehead atoms. The molecule has 164 valence electrons. The summed E-state index contributed by atoms with van der Waals surface area (Å²) in [7, 11) is 0.194. The van der Waals surface area contributed by atoms with Crippen LogP contribution in [0.4, 0.5) is 11.6 Å². The van der Waals surface area contributed by atoms with Crippen molar-refractivity contribution in [1.29, 1.82) is 0 Å². The smallest absolute Gasteiger partial charge is 0.263 e. The number of rotatable bonds is 8. The zero-order valence-corrected chi connectivity index (χ0v) is 18.8. The highest BCUT2D eigenvalue weighted by Crippen LogP contribution is 2.26. The van der Waals surface area contributed by atoms with Crippen LogP contribution in [0.5, 0.6) is 0 Å². The van der Waals surface area contributed by atoms with Crippen molar-refractivity contribution >= 4 is 32.7 Å². The molecule has 0 aliphatic rings. The third-order valence-electron chi connectivity index (χ3n) is 5.13. The van der Waals surface area contributed by atoms with Gasteiger partial charge in [0.25, 0.3) is 10.0 Å². The molecule has 2 N–H and O–H groups in total. The summed E-state index contributed by atoms with van der Waals surface area (Å²) in [6.07, 6.45) is 0. The van der Waals surface area contributed by atoms with Gasteiger partial charge in [0.15, 0.2) is 11.6 Å². The molecule has 7 nitrogen and oxygen atoms in total. The van der Waals surface area contributed by atoms with Gasteiger partial charge in [-0.2, -0.15) is 0 Å². The van der Waals surface area contributed by atoms with E-state index in [-0.39, 0.29) is 16.8 Å². The molecule has 4 aromatic rings. The van der Waals surface area contributed by atoms with E-state index in [2.05, 4.69) is 37.0 Å². The van der Waals surface area contributed by atoms with Crippen LogP contribution in [0.3, 0.4) is 0 Å². The summed E-state index contributed by atoms with van der Waals surface area (Å²) in [4.78, 5) is 11.5. The van der Waals surface area contributed by atoms with E-state index in [1.165, 1.54) is 0 Å². The molecule has 3 aromatic carbocycles. The summed E-state index contributed by atoms with van der Waals surface area (Å²) in [6.45, 7) is 0.518. The normalized spacial score (nSPS) is 12.6. The van der Waals surface area contributed by atoms with Gasteiger partial charge in [0.05, 0.1) is 22.0 Å². The zero-order valence-electron chi connectivity index (χ0n) is 17.9. The van der Waals surface area contributed by atoms with Crippen LogP contribution < -0.4 is 10.0 Å². The topological polar surface area (TPSA) is 87.2 Å². The Morgan fingerprint density at radius 2 is 1.31 bits per heavy atom. The molecule has 32 heavy (non-hydrogen) atoms. The van der Waals surface area contributed by atoms with E-state index in [9.17, 15) is 8.42 Å². The molecule has 1 atom stereocenters. The van der Waals surface area contributed by atoms with E-state index in [4.69, 9.17) is 0 Å². The fourth-order valence-corrected chi connectivity index (χ4v) is 4.48. The minimum absolute atomic E-state index is 0.0584. The summed E-state index contributed by atoms with van der Waals surface area (Å²) in [5.41, 5.74) is 2.43. The van der Waals surface area contributed by atoms with E-state index < -0.39 is 10.0 Å². The molecule has 0 saturated carbocycles. The van der Waals surface area contributed by atoms with Gasteiger partial charge in [0.1, 0.15) is 0 Å². The highest BCUT2D eigenvalue weighted by Gasteiger charge is 2.20. The van der Waals surface area contributed by atoms with Gasteiger partial charge in [-0.25, -0.2) is 18.4 Å². The molecule has 1 aromatic heterocycles. The minimum atomic E-state index is -3.81. The van der Waals surface area contributed by atoms with Crippen LogP contribution in [0, 0.1) is 0 Å². The van der Waals surface area contributed by atoms with Crippen molar-refractivity contribution in [3.63, 3.8) is 0 Å². The number of likely N-dealkylation sites (N-methyl/N-ethyl adjacent to an activating group) is 1. The Morgan fingerprint density at radius 3 is 1.91 bits per heavy atom. The Hall–Kier alpha value is -3.49. The standard InChI is InChI=1S/C24H25N5O2S/c1-29(2)22(18-11-5-3-6-12-18)17-25-23-24(27-21-16-10-9-15-20(21)26-23)28-32(30,31)19-13-7-4-8-14-19/h3-16,22H,17H2,1-2H3,(H,25,26)(H,27,28)/t22-/m0/s1. The van der Waals surface area contributed by atoms with E-state index in [0.29, 0.717) is 23.4 Å². The molecule has 0 aliphatic carbocycles. The van der Waals surface area contributed by atoms with Gasteiger partial charge in [0.2, 0.25) is 0 Å². The molecule has 4 rings (SSSR count). The number of fused-ring (bicyclic) bond motifs is 1. The highest BCUT2D eigenvalue weighted by atomic mass is 32.2. The second-order valence-corrected chi connectivity index (χ2v) is 9.28. The zero-order chi connectivity index (χ0) is 22.6. The van der Waals surface area contributed by atoms with Crippen molar-refractivity contribution in [3.05, 3.63) is 90.5 Å². The van der Waals surface area contributed by atoms with Crippen molar-refractivity contribution in [1.82, 2.24) is 14.9 Å². The lowest BCUT2D eigenvalue weighted by molar-refractivity contribution is 0.311. The van der Waals surface area contributed by atoms with E-state index in [1.54, 1.807) is 36.4 Å². The summed E-state index contributed by atoms with van der Waals surface area (Å²) < 4.78 is 28.5. The highest BCUT2D eigenvalue weighted by molar-refractivity contribution is 7.92. The predicted molar refractivity (Wildman–Crippen MR) is 128 cm³/mol. The third kappa shape index (κ3) is 4.87. The molecule has 0 radical (unpaired) electrons. The Bertz CT molecular complexity index is 1300. The summed E-state index contributed by atoms with van der Waals surface area (Å²) in [5, 5.41) is 3.32. The largest absolute Gasteiger partial charge is 0.365 e. The lowest BCUT2D eigenvalue weighted by atomic mass is 10.1. The molecule has 0 spiro atoms. The number of hydrogen-bond donors (Lipinski definition) is 2. The summed E-state index contributed by atoms with van der Waals surface area (Å²) in [5.74, 6) is 0.545. The number of benzene rings is 3. The van der Waals surface area contributed by atoms with E-state index >= 15 is 0 Å². The number of aromatic nitrogens is 2. The Morgan fingerprint density at radius 1 is 0.781 bits per heavy atom. The first-order valence-corrected chi connectivity index (χ1v) is 11.7. The average Bonchev–Trinajstić information content (AvgIpc) is 2.80. The van der Waals surface area contributed by atoms with Crippen LogP contribution in [-0.4, -0.2) is 43.9 Å². The Kier molecular flexibility index (Phi) is 6.34. The van der Waals surface area contributed by atoms with Crippen LogP contribution in [0.25, 0.3) is 11.0 Å². The average molecular weight is 448 g/mol. The van der Waals surface area contributed by atoms with E-state index in [1.807, 2.05) is 50.5 Å². The number of nitrogens with one attached hydrogen (secondary N) is 2. The first-order chi connectivity index (χ1) is 15.4. The fourth-order valence-electron chi connectivity index (χ4n) is 3.45. The van der Waals surface area contributed by atoms with Crippen LogP contribution in [0.1, 0.15) is 11.6 Å². The van der Waals surface area contributed by atoms with Crippen LogP contribution in [0.2, 0.25) is 0 Å². The lowest BCUT2D eigenvalue weighted by Crippen LogP contribution is -2.27. The SMILES string of the molecule is CN(C)[C@@H](CNc1nc2ccccc2nc1NS(=O)(=O)c1ccccc1)c1ccccc1. The van der Waals surface area contributed by atoms with Gasteiger partial charge in [0, 0.05) is 6.54 Å². The van der Waals surface area contributed by atoms with Crippen molar-refractivity contribution in [3.8, 4) is 0 Å². The Balaban J connectivity index is 1.68. The monoisotopic (exact) mass is 447 g/mol. The summed E-state index contributed by atoms with van der Waals surface area (Å²) >= 11 is 0. The van der Waals surface area contributed by atoms with Crippen molar-refractivity contribution < 1.29 is 8.42 Å². The minimum Gasteiger partial charge on any atom is -0.365 e. The molecule has 1 heterocycles. The Labute approximate surface area is 188 Å². The molecule has 0 aliphatic heterocycles. The molecule has 0 unspecified atom stereocenters. The quantitative estimate of drug-likeness (QED) is 0.422. The van der Waals surface area contributed by atoms with Gasteiger partial charge in [-0.15, -0.1) is 0 Å². The first-order valence-electron chi connectivity index (χ1n) is 10.2. The predicted octanol–water partition coefficient (Wildman–Crippen LogP) is 4.15. The molecular weight excluding hydrogens is 422 g/mol. The van der Waals surface area contributed by atoms with Gasteiger partial charge in [-0.3, -0.25) is 4.72 Å². The number of nitrogens with zero attached hydrogens (tertiary/aromatic N) is 3. The van der Waals surface area contributed by atoms with Gasteiger partial charge < -0.3 is 10.2 Å². The number of sulfonamides is 1. The van der Waals surface area contributed by atoms with Crippen LogP contribution in [-0.2, 0) is 10.0 Å². The third-order valence-corrected chi connectivity index (χ3v) is 6.48. The maximum Gasteiger partial charge on any atom is 0.263 e.